The van der Waals surface area contributed by atoms with Crippen LogP contribution >= 0.6 is 11.8 Å². The summed E-state index contributed by atoms with van der Waals surface area (Å²) in [7, 11) is -1.89. The second kappa shape index (κ2) is 5.75. The lowest BCUT2D eigenvalue weighted by atomic mass is 10.2. The highest BCUT2D eigenvalue weighted by atomic mass is 32.2. The molecule has 1 aromatic rings. The Morgan fingerprint density at radius 1 is 1.41 bits per heavy atom. The van der Waals surface area contributed by atoms with Crippen LogP contribution in [0.5, 0.6) is 0 Å². The number of benzene rings is 1. The predicted octanol–water partition coefficient (Wildman–Crippen LogP) is 1.56. The van der Waals surface area contributed by atoms with Crippen molar-refractivity contribution in [1.29, 1.82) is 0 Å². The zero-order valence-corrected chi connectivity index (χ0v) is 11.9. The van der Waals surface area contributed by atoms with Crippen LogP contribution in [0.4, 0.5) is 5.69 Å². The van der Waals surface area contributed by atoms with Crippen molar-refractivity contribution >= 4 is 27.5 Å². The summed E-state index contributed by atoms with van der Waals surface area (Å²) in [6.45, 7) is 2.36. The largest absolute Gasteiger partial charge is 0.398 e. The first-order valence-electron chi connectivity index (χ1n) is 5.21. The van der Waals surface area contributed by atoms with Gasteiger partial charge in [-0.2, -0.15) is 11.8 Å². The van der Waals surface area contributed by atoms with Crippen LogP contribution in [0.15, 0.2) is 23.1 Å². The maximum atomic E-state index is 12.2. The van der Waals surface area contributed by atoms with Crippen LogP contribution in [-0.4, -0.2) is 38.3 Å². The van der Waals surface area contributed by atoms with Crippen LogP contribution in [0, 0.1) is 6.92 Å². The van der Waals surface area contributed by atoms with Gasteiger partial charge in [-0.25, -0.2) is 12.7 Å². The maximum Gasteiger partial charge on any atom is 0.244 e. The Bertz CT molecular complexity index is 486. The lowest BCUT2D eigenvalue weighted by Gasteiger charge is -2.18. The fourth-order valence-corrected chi connectivity index (χ4v) is 3.25. The Kier molecular flexibility index (Phi) is 4.85. The summed E-state index contributed by atoms with van der Waals surface area (Å²) in [5, 5.41) is 0. The Balaban J connectivity index is 3.04. The molecule has 1 aromatic carbocycles. The topological polar surface area (TPSA) is 63.4 Å². The van der Waals surface area contributed by atoms with Crippen LogP contribution in [0.1, 0.15) is 5.56 Å². The van der Waals surface area contributed by atoms with E-state index in [1.165, 1.54) is 4.31 Å². The highest BCUT2D eigenvalue weighted by Gasteiger charge is 2.22. The van der Waals surface area contributed by atoms with Gasteiger partial charge in [0.1, 0.15) is 4.90 Å². The lowest BCUT2D eigenvalue weighted by molar-refractivity contribution is 0.489. The third-order valence-corrected chi connectivity index (χ3v) is 4.99. The highest BCUT2D eigenvalue weighted by molar-refractivity contribution is 7.98. The smallest absolute Gasteiger partial charge is 0.244 e. The molecule has 0 saturated heterocycles. The van der Waals surface area contributed by atoms with E-state index in [1.54, 1.807) is 37.0 Å². The Hall–Kier alpha value is -0.720. The van der Waals surface area contributed by atoms with E-state index in [-0.39, 0.29) is 4.90 Å². The SMILES string of the molecule is CSCCN(C)S(=O)(=O)c1ccc(C)cc1N. The number of hydrogen-bond donors (Lipinski definition) is 1. The molecule has 0 saturated carbocycles. The van der Waals surface area contributed by atoms with Gasteiger partial charge in [0.2, 0.25) is 10.0 Å². The monoisotopic (exact) mass is 274 g/mol. The van der Waals surface area contributed by atoms with E-state index >= 15 is 0 Å². The molecule has 0 unspecified atom stereocenters. The van der Waals surface area contributed by atoms with Gasteiger partial charge in [-0.05, 0) is 30.9 Å². The van der Waals surface area contributed by atoms with Crippen molar-refractivity contribution in [3.05, 3.63) is 23.8 Å². The molecule has 0 bridgehead atoms. The molecule has 0 aliphatic carbocycles. The molecule has 17 heavy (non-hydrogen) atoms. The molecular weight excluding hydrogens is 256 g/mol. The number of sulfonamides is 1. The van der Waals surface area contributed by atoms with Crippen LogP contribution in [0.25, 0.3) is 0 Å². The van der Waals surface area contributed by atoms with E-state index in [0.29, 0.717) is 12.2 Å². The molecule has 0 aliphatic heterocycles. The standard InChI is InChI=1S/C11H18N2O2S2/c1-9-4-5-11(10(12)8-9)17(14,15)13(2)6-7-16-3/h4-5,8H,6-7,12H2,1-3H3. The Morgan fingerprint density at radius 2 is 2.06 bits per heavy atom. The zero-order valence-electron chi connectivity index (χ0n) is 10.3. The zero-order chi connectivity index (χ0) is 13.1. The van der Waals surface area contributed by atoms with Crippen LogP contribution in [0.2, 0.25) is 0 Å². The molecular formula is C11H18N2O2S2. The van der Waals surface area contributed by atoms with E-state index in [1.807, 2.05) is 13.2 Å². The average Bonchev–Trinajstić information content (AvgIpc) is 2.25. The van der Waals surface area contributed by atoms with Crippen molar-refractivity contribution in [2.75, 3.05) is 31.3 Å². The number of nitrogens with zero attached hydrogens (tertiary/aromatic N) is 1. The number of aryl methyl sites for hydroxylation is 1. The summed E-state index contributed by atoms with van der Waals surface area (Å²) in [5.74, 6) is 0.765. The van der Waals surface area contributed by atoms with Gasteiger partial charge in [0.05, 0.1) is 5.69 Å². The minimum atomic E-state index is -3.46. The Labute approximate surface area is 107 Å². The molecule has 0 aromatic heterocycles. The normalized spacial score (nSPS) is 12.0. The first-order valence-corrected chi connectivity index (χ1v) is 8.04. The number of nitrogens with two attached hydrogens (primary N) is 1. The summed E-state index contributed by atoms with van der Waals surface area (Å²) < 4.78 is 25.8. The van der Waals surface area contributed by atoms with Crippen LogP contribution in [0.3, 0.4) is 0 Å². The van der Waals surface area contributed by atoms with Crippen molar-refractivity contribution in [3.63, 3.8) is 0 Å². The fraction of sp³-hybridized carbons (Fsp3) is 0.455. The fourth-order valence-electron chi connectivity index (χ4n) is 1.41. The second-order valence-electron chi connectivity index (χ2n) is 3.86. The van der Waals surface area contributed by atoms with Gasteiger partial charge in [0.15, 0.2) is 0 Å². The maximum absolute atomic E-state index is 12.2. The third kappa shape index (κ3) is 3.37. The molecule has 96 valence electrons. The molecule has 0 amide bonds. The first-order chi connectivity index (χ1) is 7.89. The van der Waals surface area contributed by atoms with Crippen molar-refractivity contribution in [3.8, 4) is 0 Å². The quantitative estimate of drug-likeness (QED) is 0.828. The lowest BCUT2D eigenvalue weighted by Crippen LogP contribution is -2.29. The third-order valence-electron chi connectivity index (χ3n) is 2.46. The number of rotatable bonds is 5. The summed E-state index contributed by atoms with van der Waals surface area (Å²) in [6, 6.07) is 5.00. The summed E-state index contributed by atoms with van der Waals surface area (Å²) in [5.41, 5.74) is 7.02. The van der Waals surface area contributed by atoms with Gasteiger partial charge < -0.3 is 5.73 Å². The second-order valence-corrected chi connectivity index (χ2v) is 6.86. The minimum absolute atomic E-state index is 0.187. The van der Waals surface area contributed by atoms with Crippen molar-refractivity contribution < 1.29 is 8.42 Å². The van der Waals surface area contributed by atoms with E-state index in [0.717, 1.165) is 11.3 Å². The van der Waals surface area contributed by atoms with Crippen molar-refractivity contribution in [2.45, 2.75) is 11.8 Å². The number of nitrogen functional groups attached to an aromatic ring is 1. The van der Waals surface area contributed by atoms with Crippen LogP contribution < -0.4 is 5.73 Å². The summed E-state index contributed by atoms with van der Waals surface area (Å²) in [6.07, 6.45) is 1.95. The molecule has 2 N–H and O–H groups in total. The summed E-state index contributed by atoms with van der Waals surface area (Å²) in [4.78, 5) is 0.187. The number of anilines is 1. The molecule has 0 heterocycles. The molecule has 0 atom stereocenters. The molecule has 0 radical (unpaired) electrons. The highest BCUT2D eigenvalue weighted by Crippen LogP contribution is 2.22. The number of hydrogen-bond acceptors (Lipinski definition) is 4. The van der Waals surface area contributed by atoms with Gasteiger partial charge >= 0.3 is 0 Å². The van der Waals surface area contributed by atoms with Gasteiger partial charge in [-0.1, -0.05) is 6.07 Å². The van der Waals surface area contributed by atoms with Gasteiger partial charge in [0.25, 0.3) is 0 Å². The molecule has 0 spiro atoms. The van der Waals surface area contributed by atoms with E-state index in [9.17, 15) is 8.42 Å². The minimum Gasteiger partial charge on any atom is -0.398 e. The van der Waals surface area contributed by atoms with E-state index < -0.39 is 10.0 Å². The molecule has 1 rings (SSSR count). The van der Waals surface area contributed by atoms with E-state index in [4.69, 9.17) is 5.73 Å². The Morgan fingerprint density at radius 3 is 2.59 bits per heavy atom. The molecule has 4 nitrogen and oxygen atoms in total. The molecule has 0 fully saturated rings. The number of thioether (sulfide) groups is 1. The van der Waals surface area contributed by atoms with Crippen molar-refractivity contribution in [1.82, 2.24) is 4.31 Å². The van der Waals surface area contributed by atoms with Gasteiger partial charge in [-0.3, -0.25) is 0 Å². The molecule has 6 heteroatoms. The first kappa shape index (κ1) is 14.3. The van der Waals surface area contributed by atoms with Crippen molar-refractivity contribution in [2.24, 2.45) is 0 Å². The predicted molar refractivity (Wildman–Crippen MR) is 73.8 cm³/mol. The average molecular weight is 274 g/mol. The van der Waals surface area contributed by atoms with Gasteiger partial charge in [0, 0.05) is 19.3 Å². The molecule has 0 aliphatic rings. The summed E-state index contributed by atoms with van der Waals surface area (Å²) >= 11 is 1.61. The van der Waals surface area contributed by atoms with Crippen LogP contribution in [-0.2, 0) is 10.0 Å². The van der Waals surface area contributed by atoms with Gasteiger partial charge in [-0.15, -0.1) is 0 Å². The van der Waals surface area contributed by atoms with E-state index in [2.05, 4.69) is 0 Å².